The summed E-state index contributed by atoms with van der Waals surface area (Å²) < 4.78 is 1.64. The molecule has 0 saturated carbocycles. The summed E-state index contributed by atoms with van der Waals surface area (Å²) in [7, 11) is 0. The zero-order valence-electron chi connectivity index (χ0n) is 13.6. The van der Waals surface area contributed by atoms with Gasteiger partial charge in [0.2, 0.25) is 5.16 Å². The van der Waals surface area contributed by atoms with Crippen LogP contribution >= 0.6 is 11.8 Å². The van der Waals surface area contributed by atoms with E-state index in [1.807, 2.05) is 50.2 Å². The number of nitrogens with one attached hydrogen (secondary N) is 1. The average Bonchev–Trinajstić information content (AvgIpc) is 2.94. The van der Waals surface area contributed by atoms with Crippen LogP contribution in [-0.4, -0.2) is 20.8 Å². The first-order valence-electron chi connectivity index (χ1n) is 7.61. The molecule has 1 N–H and O–H groups in total. The summed E-state index contributed by atoms with van der Waals surface area (Å²) in [5, 5.41) is 8.90. The number of aryl methyl sites for hydroxylation is 2. The zero-order valence-corrected chi connectivity index (χ0v) is 14.4. The molecule has 24 heavy (non-hydrogen) atoms. The normalized spacial score (nSPS) is 10.6. The molecule has 1 heterocycles. The van der Waals surface area contributed by atoms with Crippen LogP contribution < -0.4 is 5.43 Å². The Hall–Kier alpha value is -2.60. The fourth-order valence-corrected chi connectivity index (χ4v) is 3.17. The maximum absolute atomic E-state index is 12.5. The van der Waals surface area contributed by atoms with Crippen molar-refractivity contribution in [3.05, 3.63) is 77.1 Å². The number of carbonyl (C=O) groups is 1. The molecule has 0 atom stereocenters. The highest BCUT2D eigenvalue weighted by atomic mass is 32.2. The van der Waals surface area contributed by atoms with E-state index in [0.717, 1.165) is 11.3 Å². The van der Waals surface area contributed by atoms with Gasteiger partial charge in [-0.2, -0.15) is 0 Å². The Labute approximate surface area is 145 Å². The number of amides is 1. The smallest absolute Gasteiger partial charge is 0.267 e. The van der Waals surface area contributed by atoms with E-state index in [9.17, 15) is 4.79 Å². The topological polar surface area (TPSA) is 59.8 Å². The van der Waals surface area contributed by atoms with Gasteiger partial charge >= 0.3 is 0 Å². The lowest BCUT2D eigenvalue weighted by molar-refractivity contribution is 0.100. The van der Waals surface area contributed by atoms with E-state index in [4.69, 9.17) is 0 Å². The highest BCUT2D eigenvalue weighted by molar-refractivity contribution is 7.98. The van der Waals surface area contributed by atoms with Crippen LogP contribution in [0.1, 0.15) is 27.3 Å². The summed E-state index contributed by atoms with van der Waals surface area (Å²) in [6, 6.07) is 17.6. The molecule has 5 nitrogen and oxygen atoms in total. The summed E-state index contributed by atoms with van der Waals surface area (Å²) in [6.45, 7) is 3.73. The molecule has 0 fully saturated rings. The highest BCUT2D eigenvalue weighted by Gasteiger charge is 2.14. The molecule has 0 saturated heterocycles. The van der Waals surface area contributed by atoms with Crippen LogP contribution in [0.5, 0.6) is 0 Å². The number of thioether (sulfide) groups is 1. The lowest BCUT2D eigenvalue weighted by Crippen LogP contribution is -2.25. The fraction of sp³-hybridized carbons (Fsp3) is 0.167. The Balaban J connectivity index is 1.75. The van der Waals surface area contributed by atoms with E-state index in [-0.39, 0.29) is 5.91 Å². The molecule has 3 aromatic rings. The van der Waals surface area contributed by atoms with Crippen molar-refractivity contribution in [1.82, 2.24) is 14.9 Å². The number of carbonyl (C=O) groups excluding carboxylic acids is 1. The van der Waals surface area contributed by atoms with Gasteiger partial charge in [-0.25, -0.2) is 4.68 Å². The van der Waals surface area contributed by atoms with Gasteiger partial charge in [0, 0.05) is 11.3 Å². The third-order valence-electron chi connectivity index (χ3n) is 3.61. The summed E-state index contributed by atoms with van der Waals surface area (Å²) in [5.74, 6) is 1.24. The first-order valence-corrected chi connectivity index (χ1v) is 8.59. The summed E-state index contributed by atoms with van der Waals surface area (Å²) in [4.78, 5) is 12.5. The highest BCUT2D eigenvalue weighted by Crippen LogP contribution is 2.21. The molecular formula is C18H18N4OS. The van der Waals surface area contributed by atoms with E-state index in [1.54, 1.807) is 10.7 Å². The minimum Gasteiger partial charge on any atom is -0.267 e. The summed E-state index contributed by atoms with van der Waals surface area (Å²) in [6.07, 6.45) is 0. The Morgan fingerprint density at radius 2 is 1.75 bits per heavy atom. The number of hydrogen-bond donors (Lipinski definition) is 1. The van der Waals surface area contributed by atoms with Gasteiger partial charge in [0.15, 0.2) is 0 Å². The molecule has 0 aliphatic carbocycles. The predicted molar refractivity (Wildman–Crippen MR) is 95.6 cm³/mol. The van der Waals surface area contributed by atoms with E-state index >= 15 is 0 Å². The van der Waals surface area contributed by atoms with Crippen molar-refractivity contribution in [2.24, 2.45) is 0 Å². The van der Waals surface area contributed by atoms with Gasteiger partial charge < -0.3 is 0 Å². The molecule has 122 valence electrons. The number of rotatable bonds is 5. The van der Waals surface area contributed by atoms with E-state index in [0.29, 0.717) is 16.5 Å². The largest absolute Gasteiger partial charge is 0.270 e. The van der Waals surface area contributed by atoms with Gasteiger partial charge in [0.25, 0.3) is 5.91 Å². The van der Waals surface area contributed by atoms with Crippen molar-refractivity contribution in [3.8, 4) is 0 Å². The standard InChI is InChI=1S/C18H18N4OS/c1-13-8-6-7-11-16(13)17(23)21-22-14(2)19-20-18(22)24-12-15-9-4-3-5-10-15/h3-11H,12H2,1-2H3,(H,21,23). The zero-order chi connectivity index (χ0) is 16.9. The minimum atomic E-state index is -0.169. The van der Waals surface area contributed by atoms with E-state index in [1.165, 1.54) is 17.3 Å². The summed E-state index contributed by atoms with van der Waals surface area (Å²) in [5.41, 5.74) is 5.65. The molecule has 0 aliphatic heterocycles. The molecule has 1 aromatic heterocycles. The predicted octanol–water partition coefficient (Wildman–Crippen LogP) is 3.57. The molecule has 0 aliphatic rings. The number of hydrogen-bond acceptors (Lipinski definition) is 4. The van der Waals surface area contributed by atoms with Crippen molar-refractivity contribution >= 4 is 17.7 Å². The van der Waals surface area contributed by atoms with Crippen LogP contribution in [0, 0.1) is 13.8 Å². The Morgan fingerprint density at radius 3 is 2.50 bits per heavy atom. The SMILES string of the molecule is Cc1ccccc1C(=O)Nn1c(C)nnc1SCc1ccccc1. The Kier molecular flexibility index (Phi) is 4.96. The maximum atomic E-state index is 12.5. The second-order valence-electron chi connectivity index (χ2n) is 5.40. The fourth-order valence-electron chi connectivity index (χ4n) is 2.28. The summed E-state index contributed by atoms with van der Waals surface area (Å²) >= 11 is 1.54. The van der Waals surface area contributed by atoms with Gasteiger partial charge in [0.1, 0.15) is 5.82 Å². The van der Waals surface area contributed by atoms with Crippen LogP contribution in [0.25, 0.3) is 0 Å². The quantitative estimate of drug-likeness (QED) is 0.723. The molecule has 0 radical (unpaired) electrons. The molecule has 3 rings (SSSR count). The van der Waals surface area contributed by atoms with Crippen molar-refractivity contribution in [2.75, 3.05) is 5.43 Å². The maximum Gasteiger partial charge on any atom is 0.270 e. The lowest BCUT2D eigenvalue weighted by atomic mass is 10.1. The van der Waals surface area contributed by atoms with E-state index in [2.05, 4.69) is 27.8 Å². The lowest BCUT2D eigenvalue weighted by Gasteiger charge is -2.11. The van der Waals surface area contributed by atoms with Gasteiger partial charge in [0.05, 0.1) is 0 Å². The second kappa shape index (κ2) is 7.31. The monoisotopic (exact) mass is 338 g/mol. The van der Waals surface area contributed by atoms with Crippen molar-refractivity contribution in [1.29, 1.82) is 0 Å². The van der Waals surface area contributed by atoms with Crippen molar-refractivity contribution < 1.29 is 4.79 Å². The van der Waals surface area contributed by atoms with Crippen molar-refractivity contribution in [2.45, 2.75) is 24.8 Å². The molecule has 0 unspecified atom stereocenters. The van der Waals surface area contributed by atoms with Gasteiger partial charge in [-0.15, -0.1) is 10.2 Å². The van der Waals surface area contributed by atoms with Crippen LogP contribution in [-0.2, 0) is 5.75 Å². The third-order valence-corrected chi connectivity index (χ3v) is 4.61. The van der Waals surface area contributed by atoms with E-state index < -0.39 is 0 Å². The third kappa shape index (κ3) is 3.65. The van der Waals surface area contributed by atoms with Crippen molar-refractivity contribution in [3.63, 3.8) is 0 Å². The van der Waals surface area contributed by atoms with Crippen LogP contribution in [0.3, 0.4) is 0 Å². The first-order chi connectivity index (χ1) is 11.6. The van der Waals surface area contributed by atoms with Crippen LogP contribution in [0.4, 0.5) is 0 Å². The molecule has 0 spiro atoms. The first kappa shape index (κ1) is 16.3. The van der Waals surface area contributed by atoms with Gasteiger partial charge in [-0.3, -0.25) is 10.2 Å². The van der Waals surface area contributed by atoms with Crippen LogP contribution in [0.15, 0.2) is 59.8 Å². The molecular weight excluding hydrogens is 320 g/mol. The molecule has 6 heteroatoms. The Bertz CT molecular complexity index is 845. The van der Waals surface area contributed by atoms with Gasteiger partial charge in [-0.05, 0) is 31.0 Å². The number of nitrogens with zero attached hydrogens (tertiary/aromatic N) is 3. The van der Waals surface area contributed by atoms with Crippen LogP contribution in [0.2, 0.25) is 0 Å². The second-order valence-corrected chi connectivity index (χ2v) is 6.34. The van der Waals surface area contributed by atoms with Gasteiger partial charge in [-0.1, -0.05) is 60.3 Å². The average molecular weight is 338 g/mol. The Morgan fingerprint density at radius 1 is 1.04 bits per heavy atom. The molecule has 0 bridgehead atoms. The number of aromatic nitrogens is 3. The minimum absolute atomic E-state index is 0.169. The molecule has 2 aromatic carbocycles. The number of benzene rings is 2. The molecule has 1 amide bonds.